The maximum absolute atomic E-state index is 6.23. The van der Waals surface area contributed by atoms with Gasteiger partial charge in [0.2, 0.25) is 0 Å². The fourth-order valence-electron chi connectivity index (χ4n) is 3.98. The molecule has 4 unspecified atom stereocenters. The van der Waals surface area contributed by atoms with E-state index in [-0.39, 0.29) is 0 Å². The van der Waals surface area contributed by atoms with Gasteiger partial charge in [0.05, 0.1) is 0 Å². The summed E-state index contributed by atoms with van der Waals surface area (Å²) in [5, 5.41) is 0. The van der Waals surface area contributed by atoms with E-state index in [0.717, 1.165) is 23.8 Å². The fraction of sp³-hybridized carbons (Fsp3) is 1.00. The topological polar surface area (TPSA) is 29.3 Å². The van der Waals surface area contributed by atoms with Gasteiger partial charge >= 0.3 is 0 Å². The minimum Gasteiger partial charge on any atom is -0.327 e. The Hall–Kier alpha value is -0.0800. The summed E-state index contributed by atoms with van der Waals surface area (Å²) in [5.41, 5.74) is 6.23. The minimum absolute atomic E-state index is 0.454. The van der Waals surface area contributed by atoms with E-state index >= 15 is 0 Å². The molecule has 106 valence electrons. The van der Waals surface area contributed by atoms with Crippen LogP contribution in [0, 0.1) is 17.8 Å². The van der Waals surface area contributed by atoms with Gasteiger partial charge in [-0.25, -0.2) is 0 Å². The van der Waals surface area contributed by atoms with Crippen molar-refractivity contribution in [1.29, 1.82) is 0 Å². The quantitative estimate of drug-likeness (QED) is 0.835. The second-order valence-corrected chi connectivity index (χ2v) is 6.94. The number of piperidine rings is 1. The summed E-state index contributed by atoms with van der Waals surface area (Å²) in [5.74, 6) is 2.56. The van der Waals surface area contributed by atoms with Gasteiger partial charge < -0.3 is 5.73 Å². The number of hydrogen-bond donors (Lipinski definition) is 1. The van der Waals surface area contributed by atoms with E-state index in [1.165, 1.54) is 51.6 Å². The van der Waals surface area contributed by atoms with Gasteiger partial charge in [-0.2, -0.15) is 0 Å². The molecule has 1 aliphatic heterocycles. The number of hydrogen-bond acceptors (Lipinski definition) is 2. The van der Waals surface area contributed by atoms with E-state index in [2.05, 4.69) is 25.7 Å². The Labute approximate surface area is 113 Å². The molecule has 0 bridgehead atoms. The Balaban J connectivity index is 1.90. The first-order valence-corrected chi connectivity index (χ1v) is 8.11. The van der Waals surface area contributed by atoms with E-state index in [1.54, 1.807) is 0 Å². The summed E-state index contributed by atoms with van der Waals surface area (Å²) in [4.78, 5) is 2.77. The smallest absolute Gasteiger partial charge is 0.00981 e. The first-order chi connectivity index (χ1) is 8.61. The number of likely N-dealkylation sites (tertiary alicyclic amines) is 1. The molecule has 0 aromatic rings. The Morgan fingerprint density at radius 3 is 2.67 bits per heavy atom. The van der Waals surface area contributed by atoms with Crippen LogP contribution < -0.4 is 5.73 Å². The van der Waals surface area contributed by atoms with Crippen molar-refractivity contribution >= 4 is 0 Å². The van der Waals surface area contributed by atoms with Crippen LogP contribution >= 0.6 is 0 Å². The predicted molar refractivity (Wildman–Crippen MR) is 78.5 cm³/mol. The van der Waals surface area contributed by atoms with Crippen LogP contribution in [0.25, 0.3) is 0 Å². The van der Waals surface area contributed by atoms with Crippen molar-refractivity contribution in [2.24, 2.45) is 23.5 Å². The van der Waals surface area contributed by atoms with E-state index in [9.17, 15) is 0 Å². The van der Waals surface area contributed by atoms with Crippen LogP contribution in [-0.4, -0.2) is 30.1 Å². The second kappa shape index (κ2) is 6.38. The van der Waals surface area contributed by atoms with Gasteiger partial charge in [-0.05, 0) is 43.6 Å². The molecule has 2 nitrogen and oxygen atoms in total. The van der Waals surface area contributed by atoms with Gasteiger partial charge in [-0.1, -0.05) is 40.0 Å². The van der Waals surface area contributed by atoms with E-state index in [1.807, 2.05) is 0 Å². The number of nitrogens with two attached hydrogens (primary N) is 1. The monoisotopic (exact) mass is 252 g/mol. The highest BCUT2D eigenvalue weighted by Crippen LogP contribution is 2.34. The molecule has 2 N–H and O–H groups in total. The zero-order valence-electron chi connectivity index (χ0n) is 12.6. The SMILES string of the molecule is CCC1CN(C2CCCC(C(C)C)C2)CCC1N. The molecule has 0 aromatic heterocycles. The number of rotatable bonds is 3. The first kappa shape index (κ1) is 14.3. The average molecular weight is 252 g/mol. The molecule has 0 radical (unpaired) electrons. The molecule has 4 atom stereocenters. The van der Waals surface area contributed by atoms with Gasteiger partial charge in [0, 0.05) is 18.6 Å². The molecular formula is C16H32N2. The lowest BCUT2D eigenvalue weighted by molar-refractivity contribution is 0.0634. The zero-order valence-corrected chi connectivity index (χ0v) is 12.6. The van der Waals surface area contributed by atoms with Crippen LogP contribution in [0.15, 0.2) is 0 Å². The molecule has 2 aliphatic rings. The van der Waals surface area contributed by atoms with Crippen LogP contribution in [0.5, 0.6) is 0 Å². The molecule has 1 saturated carbocycles. The zero-order chi connectivity index (χ0) is 13.1. The molecule has 0 aromatic carbocycles. The summed E-state index contributed by atoms with van der Waals surface area (Å²) < 4.78 is 0. The van der Waals surface area contributed by atoms with Crippen molar-refractivity contribution in [2.75, 3.05) is 13.1 Å². The van der Waals surface area contributed by atoms with E-state index < -0.39 is 0 Å². The Kier molecular flexibility index (Phi) is 5.08. The van der Waals surface area contributed by atoms with Crippen molar-refractivity contribution in [3.05, 3.63) is 0 Å². The third-order valence-corrected chi connectivity index (χ3v) is 5.49. The standard InChI is InChI=1S/C16H32N2/c1-4-13-11-18(9-8-16(13)17)15-7-5-6-14(10-15)12(2)3/h12-16H,4-11,17H2,1-3H3. The van der Waals surface area contributed by atoms with Gasteiger partial charge in [0.1, 0.15) is 0 Å². The normalized spacial score (nSPS) is 39.2. The van der Waals surface area contributed by atoms with E-state index in [4.69, 9.17) is 5.73 Å². The lowest BCUT2D eigenvalue weighted by atomic mass is 9.78. The molecule has 2 rings (SSSR count). The summed E-state index contributed by atoms with van der Waals surface area (Å²) in [6.07, 6.45) is 8.21. The van der Waals surface area contributed by atoms with Crippen molar-refractivity contribution in [2.45, 2.75) is 71.4 Å². The fourth-order valence-corrected chi connectivity index (χ4v) is 3.98. The highest BCUT2D eigenvalue weighted by atomic mass is 15.2. The molecule has 2 heteroatoms. The van der Waals surface area contributed by atoms with Crippen LogP contribution in [0.2, 0.25) is 0 Å². The lowest BCUT2D eigenvalue weighted by Gasteiger charge is -2.44. The summed E-state index contributed by atoms with van der Waals surface area (Å²) in [6, 6.07) is 1.31. The van der Waals surface area contributed by atoms with Crippen molar-refractivity contribution in [3.8, 4) is 0 Å². The third kappa shape index (κ3) is 3.27. The Morgan fingerprint density at radius 2 is 2.00 bits per heavy atom. The van der Waals surface area contributed by atoms with Gasteiger partial charge in [-0.3, -0.25) is 4.90 Å². The molecule has 0 amide bonds. The van der Waals surface area contributed by atoms with Gasteiger partial charge in [0.25, 0.3) is 0 Å². The highest BCUT2D eigenvalue weighted by Gasteiger charge is 2.33. The van der Waals surface area contributed by atoms with Crippen molar-refractivity contribution in [1.82, 2.24) is 4.90 Å². The molecule has 1 heterocycles. The molecular weight excluding hydrogens is 220 g/mol. The van der Waals surface area contributed by atoms with Crippen molar-refractivity contribution < 1.29 is 0 Å². The summed E-state index contributed by atoms with van der Waals surface area (Å²) >= 11 is 0. The minimum atomic E-state index is 0.454. The van der Waals surface area contributed by atoms with Crippen LogP contribution in [0.4, 0.5) is 0 Å². The average Bonchev–Trinajstić information content (AvgIpc) is 2.39. The molecule has 1 aliphatic carbocycles. The molecule has 2 fully saturated rings. The molecule has 1 saturated heterocycles. The molecule has 18 heavy (non-hydrogen) atoms. The third-order valence-electron chi connectivity index (χ3n) is 5.49. The van der Waals surface area contributed by atoms with Gasteiger partial charge in [-0.15, -0.1) is 0 Å². The van der Waals surface area contributed by atoms with Crippen LogP contribution in [-0.2, 0) is 0 Å². The second-order valence-electron chi connectivity index (χ2n) is 6.94. The Morgan fingerprint density at radius 1 is 1.22 bits per heavy atom. The first-order valence-electron chi connectivity index (χ1n) is 8.11. The largest absolute Gasteiger partial charge is 0.327 e. The molecule has 0 spiro atoms. The Bertz CT molecular complexity index is 247. The van der Waals surface area contributed by atoms with Crippen LogP contribution in [0.1, 0.15) is 59.3 Å². The summed E-state index contributed by atoms with van der Waals surface area (Å²) in [6.45, 7) is 9.59. The predicted octanol–water partition coefficient (Wildman–Crippen LogP) is 3.26. The number of nitrogens with zero attached hydrogens (tertiary/aromatic N) is 1. The maximum Gasteiger partial charge on any atom is 0.00981 e. The van der Waals surface area contributed by atoms with Crippen molar-refractivity contribution in [3.63, 3.8) is 0 Å². The van der Waals surface area contributed by atoms with Crippen LogP contribution in [0.3, 0.4) is 0 Å². The van der Waals surface area contributed by atoms with Gasteiger partial charge in [0.15, 0.2) is 0 Å². The maximum atomic E-state index is 6.23. The highest BCUT2D eigenvalue weighted by molar-refractivity contribution is 4.88. The van der Waals surface area contributed by atoms with E-state index in [0.29, 0.717) is 6.04 Å². The lowest BCUT2D eigenvalue weighted by Crippen LogP contribution is -2.51. The summed E-state index contributed by atoms with van der Waals surface area (Å²) in [7, 11) is 0.